The molecule has 0 amide bonds. The Morgan fingerprint density at radius 2 is 0.771 bits per heavy atom. The van der Waals surface area contributed by atoms with Crippen molar-refractivity contribution in [1.82, 2.24) is 0 Å². The quantitative estimate of drug-likeness (QED) is 0.180. The summed E-state index contributed by atoms with van der Waals surface area (Å²) in [5, 5.41) is 0. The first kappa shape index (κ1) is 48.3. The van der Waals surface area contributed by atoms with Crippen molar-refractivity contribution >= 4 is 52.6 Å². The van der Waals surface area contributed by atoms with Gasteiger partial charge in [-0.15, -0.1) is 0 Å². The van der Waals surface area contributed by atoms with Crippen LogP contribution in [0.25, 0.3) is 12.2 Å². The Bertz CT molecular complexity index is 2000. The molecule has 0 fully saturated rings. The molecule has 2 atom stereocenters. The summed E-state index contributed by atoms with van der Waals surface area (Å²) in [6.45, 7) is 0. The summed E-state index contributed by atoms with van der Waals surface area (Å²) in [5.74, 6) is 0. The van der Waals surface area contributed by atoms with Crippen molar-refractivity contribution < 1.29 is 170 Å². The number of hydrogen-bond donors (Lipinski definition) is 0. The van der Waals surface area contributed by atoms with E-state index in [0.29, 0.717) is 47.6 Å². The van der Waals surface area contributed by atoms with Gasteiger partial charge in [-0.25, -0.2) is 33.7 Å². The Labute approximate surface area is 368 Å². The minimum absolute atomic E-state index is 0. The van der Waals surface area contributed by atoms with Crippen LogP contribution in [0.15, 0.2) is 130 Å². The molecule has 20 heteroatoms. The minimum Gasteiger partial charge on any atom is -0.747 e. The van der Waals surface area contributed by atoms with Crippen LogP contribution in [0, 0.1) is 0 Å². The second-order valence-electron chi connectivity index (χ2n) is 9.52. The van der Waals surface area contributed by atoms with E-state index in [1.807, 2.05) is 0 Å². The molecule has 2 unspecified atom stereocenters. The summed E-state index contributed by atoms with van der Waals surface area (Å²) < 4.78 is 143. The number of rotatable bonds is 8. The largest absolute Gasteiger partial charge is 1.00 e. The van der Waals surface area contributed by atoms with Gasteiger partial charge in [0.1, 0.15) is 50.0 Å². The summed E-state index contributed by atoms with van der Waals surface area (Å²) >= 11 is 0. The van der Waals surface area contributed by atoms with Crippen LogP contribution in [0.5, 0.6) is 0 Å². The standard InChI is InChI=1S/C28H24O12S4.4Na/c29-41(30,31)25-19-27(43(35,36)37,15-11-21-7-3-1-4-8-21)17-13-23(25)24-14-18-28(44(38,39)40,20-26(24)42(32,33)34)16-12-22-9-5-2-6-10-22;;;;/h1-20H,(H,29,30,31)(H,32,33,34)(H,35,36,37)(H,38,39,40);;;;/q;4*+1/p-4. The van der Waals surface area contributed by atoms with E-state index in [9.17, 15) is 51.9 Å². The molecule has 0 radical (unpaired) electrons. The molecule has 12 nitrogen and oxygen atoms in total. The van der Waals surface area contributed by atoms with Crippen molar-refractivity contribution in [2.45, 2.75) is 9.49 Å². The van der Waals surface area contributed by atoms with E-state index in [-0.39, 0.29) is 118 Å². The zero-order chi connectivity index (χ0) is 32.6. The predicted molar refractivity (Wildman–Crippen MR) is 157 cm³/mol. The minimum atomic E-state index is -5.70. The number of allylic oxidation sites excluding steroid dienone is 4. The molecule has 0 saturated heterocycles. The van der Waals surface area contributed by atoms with Gasteiger partial charge >= 0.3 is 118 Å². The van der Waals surface area contributed by atoms with E-state index >= 15 is 0 Å². The Hall–Kier alpha value is 0.260. The normalized spacial score (nSPS) is 22.8. The predicted octanol–water partition coefficient (Wildman–Crippen LogP) is -9.71. The summed E-state index contributed by atoms with van der Waals surface area (Å²) in [4.78, 5) is -2.77. The molecule has 0 N–H and O–H groups in total. The summed E-state index contributed by atoms with van der Waals surface area (Å²) in [7, 11) is -22.4. The monoisotopic (exact) mass is 768 g/mol. The molecule has 0 heterocycles. The average Bonchev–Trinajstić information content (AvgIpc) is 2.94. The summed E-state index contributed by atoms with van der Waals surface area (Å²) in [6, 6.07) is 15.8. The van der Waals surface area contributed by atoms with Crippen molar-refractivity contribution in [2.75, 3.05) is 0 Å². The van der Waals surface area contributed by atoms with Crippen molar-refractivity contribution in [3.63, 3.8) is 0 Å². The second kappa shape index (κ2) is 18.3. The van der Waals surface area contributed by atoms with Gasteiger partial charge in [0.25, 0.3) is 0 Å². The van der Waals surface area contributed by atoms with Gasteiger partial charge in [0, 0.05) is 0 Å². The molecular formula is C28H20Na4O12S4. The van der Waals surface area contributed by atoms with E-state index in [1.54, 1.807) is 36.4 Å². The molecule has 0 saturated carbocycles. The first-order chi connectivity index (χ1) is 20.3. The summed E-state index contributed by atoms with van der Waals surface area (Å²) in [6.07, 6.45) is 7.21. The van der Waals surface area contributed by atoms with Crippen LogP contribution >= 0.6 is 0 Å². The maximum absolute atomic E-state index is 12.4. The van der Waals surface area contributed by atoms with Gasteiger partial charge < -0.3 is 18.2 Å². The molecule has 48 heavy (non-hydrogen) atoms. The topological polar surface area (TPSA) is 229 Å². The van der Waals surface area contributed by atoms with E-state index in [2.05, 4.69) is 0 Å². The van der Waals surface area contributed by atoms with E-state index in [1.165, 1.54) is 36.4 Å². The summed E-state index contributed by atoms with van der Waals surface area (Å²) in [5.41, 5.74) is -0.884. The SMILES string of the molecule is O=S(=O)([O-])C1=CC(C=Cc2ccccc2)(S(=O)(=O)[O-])C=CC1=C1C=CC(C=Cc2ccccc2)(S(=O)(=O)[O-])C=C1S(=O)(=O)[O-].[Na+].[Na+].[Na+].[Na+]. The fraction of sp³-hybridized carbons (Fsp3) is 0.0714. The molecule has 232 valence electrons. The molecule has 2 aromatic carbocycles. The first-order valence-electron chi connectivity index (χ1n) is 12.2. The van der Waals surface area contributed by atoms with Crippen LogP contribution in [0.3, 0.4) is 0 Å². The Kier molecular flexibility index (Phi) is 18.4. The zero-order valence-corrected chi connectivity index (χ0v) is 37.3. The maximum Gasteiger partial charge on any atom is 1.00 e. The van der Waals surface area contributed by atoms with Crippen LogP contribution in [0.2, 0.25) is 0 Å². The van der Waals surface area contributed by atoms with Gasteiger partial charge in [-0.2, -0.15) is 0 Å². The fourth-order valence-corrected chi connectivity index (χ4v) is 7.56. The van der Waals surface area contributed by atoms with Crippen molar-refractivity contribution in [3.8, 4) is 0 Å². The number of hydrogen-bond acceptors (Lipinski definition) is 12. The van der Waals surface area contributed by atoms with Gasteiger partial charge in [-0.1, -0.05) is 109 Å². The molecule has 2 aromatic rings. The van der Waals surface area contributed by atoms with Gasteiger partial charge in [0.2, 0.25) is 0 Å². The van der Waals surface area contributed by atoms with E-state index < -0.39 is 70.9 Å². The van der Waals surface area contributed by atoms with Gasteiger partial charge in [-0.05, 0) is 34.4 Å². The first-order valence-corrected chi connectivity index (χ1v) is 17.8. The van der Waals surface area contributed by atoms with Crippen LogP contribution < -0.4 is 118 Å². The molecule has 0 aliphatic heterocycles. The molecule has 2 aliphatic rings. The number of benzene rings is 2. The van der Waals surface area contributed by atoms with Gasteiger partial charge in [0.15, 0.2) is 0 Å². The third kappa shape index (κ3) is 11.1. The zero-order valence-electron chi connectivity index (χ0n) is 26.1. The molecule has 4 rings (SSSR count). The van der Waals surface area contributed by atoms with E-state index in [4.69, 9.17) is 0 Å². The van der Waals surface area contributed by atoms with Crippen molar-refractivity contribution in [3.05, 3.63) is 141 Å². The Balaban J connectivity index is 0.00000552. The van der Waals surface area contributed by atoms with Crippen LogP contribution in [-0.4, -0.2) is 61.4 Å². The van der Waals surface area contributed by atoms with Crippen LogP contribution in [-0.2, 0) is 40.5 Å². The fourth-order valence-electron chi connectivity index (χ4n) is 4.38. The Morgan fingerprint density at radius 3 is 1.02 bits per heavy atom. The molecule has 0 bridgehead atoms. The van der Waals surface area contributed by atoms with Crippen molar-refractivity contribution in [2.24, 2.45) is 0 Å². The molecular weight excluding hydrogens is 749 g/mol. The maximum atomic E-state index is 12.4. The molecule has 2 aliphatic carbocycles. The average molecular weight is 769 g/mol. The van der Waals surface area contributed by atoms with Gasteiger partial charge in [0.05, 0.1) is 9.81 Å². The third-order valence-corrected chi connectivity index (χ3v) is 10.9. The van der Waals surface area contributed by atoms with Crippen LogP contribution in [0.1, 0.15) is 11.1 Å². The molecule has 0 aromatic heterocycles. The van der Waals surface area contributed by atoms with Crippen molar-refractivity contribution in [1.29, 1.82) is 0 Å². The third-order valence-electron chi connectivity index (χ3n) is 6.63. The van der Waals surface area contributed by atoms with Crippen LogP contribution in [0.4, 0.5) is 0 Å². The van der Waals surface area contributed by atoms with E-state index in [0.717, 1.165) is 12.2 Å². The smallest absolute Gasteiger partial charge is 0.747 e. The Morgan fingerprint density at radius 1 is 0.479 bits per heavy atom. The second-order valence-corrected chi connectivity index (χ2v) is 15.4. The molecule has 0 spiro atoms. The van der Waals surface area contributed by atoms with Gasteiger partial charge in [-0.3, -0.25) is 0 Å².